The third-order valence-electron chi connectivity index (χ3n) is 6.34. The van der Waals surface area contributed by atoms with Gasteiger partial charge in [-0.2, -0.15) is 0 Å². The van der Waals surface area contributed by atoms with Gasteiger partial charge in [0.05, 0.1) is 6.21 Å². The highest BCUT2D eigenvalue weighted by Crippen LogP contribution is 2.40. The van der Waals surface area contributed by atoms with Crippen LogP contribution in [0.4, 0.5) is 0 Å². The Morgan fingerprint density at radius 1 is 1.39 bits per heavy atom. The van der Waals surface area contributed by atoms with E-state index in [9.17, 15) is 9.59 Å². The highest BCUT2D eigenvalue weighted by molar-refractivity contribution is 5.94. The molecule has 2 N–H and O–H groups in total. The van der Waals surface area contributed by atoms with Gasteiger partial charge < -0.3 is 20.0 Å². The number of nitrogens with one attached hydrogen (secondary N) is 2. The average molecular weight is 456 g/mol. The molecule has 178 valence electrons. The molecule has 1 atom stereocenters. The smallest absolute Gasteiger partial charge is 0.354 e. The summed E-state index contributed by atoms with van der Waals surface area (Å²) < 4.78 is 5.45. The molecule has 0 bridgehead atoms. The molecule has 1 aromatic rings. The molecular weight excluding hydrogens is 420 g/mol. The number of hydrogen-bond donors (Lipinski definition) is 2. The van der Waals surface area contributed by atoms with Crippen LogP contribution in [0.15, 0.2) is 28.9 Å². The molecule has 0 aliphatic carbocycles. The number of allylic oxidation sites excluding steroid dienone is 1. The Morgan fingerprint density at radius 3 is 2.61 bits per heavy atom. The molecule has 0 spiro atoms. The van der Waals surface area contributed by atoms with E-state index >= 15 is 0 Å². The number of amides is 2. The van der Waals surface area contributed by atoms with Gasteiger partial charge in [0.2, 0.25) is 5.01 Å². The molecule has 0 saturated carbocycles. The summed E-state index contributed by atoms with van der Waals surface area (Å²) in [6.45, 7) is 13.8. The zero-order chi connectivity index (χ0) is 24.4. The molecule has 8 heteroatoms. The normalized spacial score (nSPS) is 17.1. The largest absolute Gasteiger partial charge is 0.449 e. The third-order valence-corrected chi connectivity index (χ3v) is 6.34. The third kappa shape index (κ3) is 6.13. The van der Waals surface area contributed by atoms with Gasteiger partial charge in [-0.15, -0.1) is 4.84 Å². The zero-order valence-electron chi connectivity index (χ0n) is 20.1. The van der Waals surface area contributed by atoms with E-state index < -0.39 is 0 Å². The first-order valence-electron chi connectivity index (χ1n) is 11.6. The van der Waals surface area contributed by atoms with Crippen molar-refractivity contribution in [3.8, 4) is 6.07 Å². The predicted molar refractivity (Wildman–Crippen MR) is 129 cm³/mol. The maximum Gasteiger partial charge on any atom is 0.354 e. The number of nitrogens with zero attached hydrogens (tertiary/aromatic N) is 2. The minimum absolute atomic E-state index is 0.00208. The standard InChI is InChI=1S/C23H28N4O4.C2H6/c1-4-16-13-19(30-20(16)14-24)21(28)25-15-17(5-2)23(3)8-11-27(12-9-23)22(29)18-7-6-10-26-31-18;1-2/h4,7,13-14,17,24H,1,5-6,8-9,11-12,15H2,2-3H3;1-2H3/p+1. The van der Waals surface area contributed by atoms with Crippen LogP contribution in [0.1, 0.15) is 75.3 Å². The molecule has 0 radical (unpaired) electrons. The Labute approximate surface area is 195 Å². The minimum atomic E-state index is -0.301. The van der Waals surface area contributed by atoms with Crippen LogP contribution in [0, 0.1) is 22.8 Å². The maximum atomic E-state index is 12.6. The molecule has 1 saturated heterocycles. The molecule has 1 fully saturated rings. The van der Waals surface area contributed by atoms with E-state index in [0.717, 1.165) is 25.5 Å². The van der Waals surface area contributed by atoms with E-state index in [1.54, 1.807) is 23.1 Å². The van der Waals surface area contributed by atoms with Crippen molar-refractivity contribution >= 4 is 24.1 Å². The molecule has 2 amide bonds. The zero-order valence-corrected chi connectivity index (χ0v) is 20.1. The summed E-state index contributed by atoms with van der Waals surface area (Å²) in [4.78, 5) is 32.0. The highest BCUT2D eigenvalue weighted by atomic mass is 16.6. The van der Waals surface area contributed by atoms with E-state index in [2.05, 4.69) is 36.8 Å². The lowest BCUT2D eigenvalue weighted by Gasteiger charge is -2.44. The van der Waals surface area contributed by atoms with Crippen molar-refractivity contribution in [1.82, 2.24) is 10.2 Å². The summed E-state index contributed by atoms with van der Waals surface area (Å²) in [5, 5.41) is 13.9. The van der Waals surface area contributed by atoms with Crippen LogP contribution in [-0.2, 0) is 9.63 Å². The van der Waals surface area contributed by atoms with Gasteiger partial charge in [-0.1, -0.05) is 46.8 Å². The molecule has 3 heterocycles. The van der Waals surface area contributed by atoms with Gasteiger partial charge in [-0.25, -0.2) is 0 Å². The van der Waals surface area contributed by atoms with Gasteiger partial charge in [-0.3, -0.25) is 9.59 Å². The van der Waals surface area contributed by atoms with Crippen LogP contribution >= 0.6 is 0 Å². The van der Waals surface area contributed by atoms with Gasteiger partial charge >= 0.3 is 6.07 Å². The highest BCUT2D eigenvalue weighted by Gasteiger charge is 2.39. The summed E-state index contributed by atoms with van der Waals surface area (Å²) in [6, 6.07) is 4.25. The van der Waals surface area contributed by atoms with Crippen molar-refractivity contribution in [2.24, 2.45) is 11.3 Å². The minimum Gasteiger partial charge on any atom is -0.449 e. The Balaban J connectivity index is 0.00000187. The summed E-state index contributed by atoms with van der Waals surface area (Å²) in [7, 11) is 0. The molecular formula is C25H35N4O4+. The first-order valence-corrected chi connectivity index (χ1v) is 11.6. The molecule has 33 heavy (non-hydrogen) atoms. The number of carbonyl (C=O) groups is 2. The molecule has 1 aromatic heterocycles. The Hall–Kier alpha value is -3.34. The lowest BCUT2D eigenvalue weighted by atomic mass is 9.69. The first kappa shape index (κ1) is 25.9. The predicted octanol–water partition coefficient (Wildman–Crippen LogP) is 4.88. The van der Waals surface area contributed by atoms with Crippen molar-refractivity contribution < 1.29 is 18.8 Å². The molecule has 2 aliphatic heterocycles. The van der Waals surface area contributed by atoms with Gasteiger partial charge in [0.25, 0.3) is 17.6 Å². The molecule has 8 nitrogen and oxygen atoms in total. The van der Waals surface area contributed by atoms with Crippen LogP contribution in [-0.4, -0.2) is 42.6 Å². The summed E-state index contributed by atoms with van der Waals surface area (Å²) >= 11 is 0. The van der Waals surface area contributed by atoms with Crippen LogP contribution in [0.2, 0.25) is 0 Å². The fourth-order valence-corrected chi connectivity index (χ4v) is 4.20. The summed E-state index contributed by atoms with van der Waals surface area (Å²) in [5.74, 6) is 0.583. The van der Waals surface area contributed by atoms with E-state index in [1.165, 1.54) is 0 Å². The van der Waals surface area contributed by atoms with Crippen molar-refractivity contribution in [2.75, 3.05) is 19.6 Å². The maximum absolute atomic E-state index is 12.6. The van der Waals surface area contributed by atoms with Crippen LogP contribution < -0.4 is 5.32 Å². The molecule has 1 unspecified atom stereocenters. The van der Waals surface area contributed by atoms with Crippen LogP contribution in [0.5, 0.6) is 0 Å². The van der Waals surface area contributed by atoms with E-state index in [-0.39, 0.29) is 34.7 Å². The lowest BCUT2D eigenvalue weighted by molar-refractivity contribution is -0.132. The van der Waals surface area contributed by atoms with Crippen LogP contribution in [0.3, 0.4) is 0 Å². The first-order chi connectivity index (χ1) is 15.9. The fourth-order valence-electron chi connectivity index (χ4n) is 4.20. The van der Waals surface area contributed by atoms with E-state index in [0.29, 0.717) is 37.4 Å². The average Bonchev–Trinajstić information content (AvgIpc) is 3.30. The number of hydrogen-bond acceptors (Lipinski definition) is 5. The van der Waals surface area contributed by atoms with Crippen molar-refractivity contribution in [2.45, 2.75) is 53.4 Å². The van der Waals surface area contributed by atoms with Crippen molar-refractivity contribution in [3.63, 3.8) is 0 Å². The van der Waals surface area contributed by atoms with E-state index in [4.69, 9.17) is 14.7 Å². The second-order valence-corrected chi connectivity index (χ2v) is 8.15. The number of piperidine rings is 1. The van der Waals surface area contributed by atoms with Gasteiger partial charge in [0.1, 0.15) is 6.42 Å². The number of carbonyl (C=O) groups excluding carboxylic acids is 2. The fraction of sp³-hybridized carbons (Fsp3) is 0.520. The number of rotatable bonds is 8. The quantitative estimate of drug-likeness (QED) is 0.546. The molecule has 3 rings (SSSR count). The summed E-state index contributed by atoms with van der Waals surface area (Å²) in [5.41, 5.74) is 0.624. The second kappa shape index (κ2) is 12.0. The van der Waals surface area contributed by atoms with Crippen molar-refractivity contribution in [1.29, 1.82) is 5.41 Å². The van der Waals surface area contributed by atoms with Crippen LogP contribution in [0.25, 0.3) is 11.1 Å². The van der Waals surface area contributed by atoms with Gasteiger partial charge in [-0.05, 0) is 36.3 Å². The molecule has 0 aromatic carbocycles. The Bertz CT molecular complexity index is 933. The monoisotopic (exact) mass is 455 g/mol. The number of likely N-dealkylation sites (tertiary alicyclic amines) is 1. The SMILES string of the molecule is C=Cc1cc(C(=O)NCC(CC)C2(C)CCN(C(=O)C3=CCC#[N+]O3)CC2)oc1C=N.CC. The summed E-state index contributed by atoms with van der Waals surface area (Å²) in [6.07, 6.45) is 7.40. The second-order valence-electron chi connectivity index (χ2n) is 8.15. The van der Waals surface area contributed by atoms with Crippen molar-refractivity contribution in [3.05, 3.63) is 46.6 Å². The van der Waals surface area contributed by atoms with E-state index in [1.807, 2.05) is 13.8 Å². The number of furan rings is 1. The Kier molecular flexibility index (Phi) is 9.46. The lowest BCUT2D eigenvalue weighted by Crippen LogP contribution is -2.47. The van der Waals surface area contributed by atoms with Gasteiger partial charge in [0, 0.05) is 25.2 Å². The topological polar surface area (TPSA) is 100.0 Å². The Morgan fingerprint density at radius 2 is 2.09 bits per heavy atom. The van der Waals surface area contributed by atoms with Gasteiger partial charge in [0.15, 0.2) is 11.5 Å². The molecule has 2 aliphatic rings.